The molecule has 1 rings (SSSR count). The predicted octanol–water partition coefficient (Wildman–Crippen LogP) is -0.253. The molecular weight excluding hydrogens is 238 g/mol. The van der Waals surface area contributed by atoms with Gasteiger partial charge in [0.1, 0.15) is 5.92 Å². The Kier molecular flexibility index (Phi) is 5.09. The van der Waals surface area contributed by atoms with Crippen molar-refractivity contribution in [2.75, 3.05) is 6.54 Å². The van der Waals surface area contributed by atoms with Crippen molar-refractivity contribution in [2.45, 2.75) is 20.3 Å². The normalized spacial score (nSPS) is 13.6. The molecule has 0 bridgehead atoms. The van der Waals surface area contributed by atoms with E-state index >= 15 is 0 Å². The SMILES string of the molecule is CC(C)C(C(=O)NCCc1ncno1)C(N)=NO. The van der Waals surface area contributed by atoms with E-state index in [4.69, 9.17) is 15.5 Å². The van der Waals surface area contributed by atoms with Gasteiger partial charge in [0.25, 0.3) is 0 Å². The zero-order valence-corrected chi connectivity index (χ0v) is 10.3. The van der Waals surface area contributed by atoms with Crippen LogP contribution in [-0.2, 0) is 11.2 Å². The Bertz CT molecular complexity index is 402. The number of nitrogens with two attached hydrogens (primary N) is 1. The highest BCUT2D eigenvalue weighted by Gasteiger charge is 2.26. The van der Waals surface area contributed by atoms with Gasteiger partial charge in [0.05, 0.1) is 0 Å². The van der Waals surface area contributed by atoms with Crippen molar-refractivity contribution >= 4 is 11.7 Å². The van der Waals surface area contributed by atoms with E-state index in [1.165, 1.54) is 6.33 Å². The standard InChI is InChI=1S/C10H17N5O3/c1-6(2)8(9(11)15-17)10(16)12-4-3-7-13-5-14-18-7/h5-6,8,17H,3-4H2,1-2H3,(H2,11,15)(H,12,16). The maximum atomic E-state index is 11.9. The van der Waals surface area contributed by atoms with Crippen molar-refractivity contribution in [2.24, 2.45) is 22.7 Å². The Labute approximate surface area is 104 Å². The number of hydrogen-bond acceptors (Lipinski definition) is 6. The van der Waals surface area contributed by atoms with Crippen molar-refractivity contribution in [1.82, 2.24) is 15.5 Å². The molecule has 0 saturated carbocycles. The largest absolute Gasteiger partial charge is 0.409 e. The van der Waals surface area contributed by atoms with Crippen LogP contribution in [0.1, 0.15) is 19.7 Å². The molecule has 0 aliphatic rings. The van der Waals surface area contributed by atoms with Crippen LogP contribution in [0.5, 0.6) is 0 Å². The first-order valence-electron chi connectivity index (χ1n) is 5.57. The molecular formula is C10H17N5O3. The summed E-state index contributed by atoms with van der Waals surface area (Å²) in [4.78, 5) is 15.7. The van der Waals surface area contributed by atoms with E-state index < -0.39 is 5.92 Å². The van der Waals surface area contributed by atoms with Crippen molar-refractivity contribution in [3.05, 3.63) is 12.2 Å². The van der Waals surface area contributed by atoms with Crippen LogP contribution in [0.2, 0.25) is 0 Å². The van der Waals surface area contributed by atoms with Gasteiger partial charge < -0.3 is 20.8 Å². The number of aromatic nitrogens is 2. The van der Waals surface area contributed by atoms with E-state index in [0.29, 0.717) is 18.9 Å². The summed E-state index contributed by atoms with van der Waals surface area (Å²) in [7, 11) is 0. The quantitative estimate of drug-likeness (QED) is 0.278. The number of amides is 1. The fourth-order valence-electron chi connectivity index (χ4n) is 1.55. The molecule has 8 nitrogen and oxygen atoms in total. The van der Waals surface area contributed by atoms with Gasteiger partial charge in [0.15, 0.2) is 12.2 Å². The lowest BCUT2D eigenvalue weighted by atomic mass is 9.94. The van der Waals surface area contributed by atoms with Crippen LogP contribution in [-0.4, -0.2) is 33.6 Å². The Morgan fingerprint density at radius 3 is 2.89 bits per heavy atom. The third-order valence-electron chi connectivity index (χ3n) is 2.43. The van der Waals surface area contributed by atoms with Gasteiger partial charge in [0.2, 0.25) is 11.8 Å². The molecule has 0 aliphatic carbocycles. The molecule has 4 N–H and O–H groups in total. The molecule has 0 saturated heterocycles. The number of rotatable bonds is 6. The topological polar surface area (TPSA) is 127 Å². The lowest BCUT2D eigenvalue weighted by molar-refractivity contribution is -0.124. The summed E-state index contributed by atoms with van der Waals surface area (Å²) >= 11 is 0. The van der Waals surface area contributed by atoms with Crippen LogP contribution in [0.4, 0.5) is 0 Å². The molecule has 1 unspecified atom stereocenters. The Morgan fingerprint density at radius 2 is 2.39 bits per heavy atom. The Balaban J connectivity index is 2.47. The Hall–Kier alpha value is -2.12. The molecule has 1 aromatic heterocycles. The molecule has 1 aromatic rings. The van der Waals surface area contributed by atoms with E-state index in [0.717, 1.165) is 0 Å². The second-order valence-electron chi connectivity index (χ2n) is 4.12. The zero-order valence-electron chi connectivity index (χ0n) is 10.3. The van der Waals surface area contributed by atoms with Crippen LogP contribution in [0.15, 0.2) is 16.0 Å². The van der Waals surface area contributed by atoms with Gasteiger partial charge >= 0.3 is 0 Å². The van der Waals surface area contributed by atoms with Gasteiger partial charge in [-0.3, -0.25) is 4.79 Å². The minimum Gasteiger partial charge on any atom is -0.409 e. The summed E-state index contributed by atoms with van der Waals surface area (Å²) in [6, 6.07) is 0. The highest BCUT2D eigenvalue weighted by Crippen LogP contribution is 2.11. The molecule has 0 radical (unpaired) electrons. The van der Waals surface area contributed by atoms with Gasteiger partial charge in [-0.1, -0.05) is 24.2 Å². The molecule has 0 aliphatic heterocycles. The number of nitrogens with zero attached hydrogens (tertiary/aromatic N) is 3. The molecule has 0 spiro atoms. The summed E-state index contributed by atoms with van der Waals surface area (Å²) in [5, 5.41) is 17.6. The number of hydrogen-bond donors (Lipinski definition) is 3. The maximum absolute atomic E-state index is 11.9. The summed E-state index contributed by atoms with van der Waals surface area (Å²) in [6.07, 6.45) is 1.73. The molecule has 1 heterocycles. The van der Waals surface area contributed by atoms with E-state index in [1.54, 1.807) is 0 Å². The maximum Gasteiger partial charge on any atom is 0.231 e. The predicted molar refractivity (Wildman–Crippen MR) is 62.7 cm³/mol. The Morgan fingerprint density at radius 1 is 1.67 bits per heavy atom. The van der Waals surface area contributed by atoms with Crippen molar-refractivity contribution in [3.8, 4) is 0 Å². The summed E-state index contributed by atoms with van der Waals surface area (Å²) < 4.78 is 4.79. The van der Waals surface area contributed by atoms with Crippen molar-refractivity contribution in [3.63, 3.8) is 0 Å². The lowest BCUT2D eigenvalue weighted by Gasteiger charge is -2.18. The summed E-state index contributed by atoms with van der Waals surface area (Å²) in [6.45, 7) is 3.99. The third kappa shape index (κ3) is 3.72. The number of oxime groups is 1. The first-order chi connectivity index (χ1) is 8.56. The number of carbonyl (C=O) groups is 1. The van der Waals surface area contributed by atoms with E-state index in [2.05, 4.69) is 20.6 Å². The van der Waals surface area contributed by atoms with Gasteiger partial charge in [-0.15, -0.1) is 0 Å². The fraction of sp³-hybridized carbons (Fsp3) is 0.600. The average Bonchev–Trinajstić information content (AvgIpc) is 2.81. The second-order valence-corrected chi connectivity index (χ2v) is 4.12. The van der Waals surface area contributed by atoms with Crippen LogP contribution >= 0.6 is 0 Å². The molecule has 0 fully saturated rings. The lowest BCUT2D eigenvalue weighted by Crippen LogP contribution is -2.42. The highest BCUT2D eigenvalue weighted by atomic mass is 16.5. The van der Waals surface area contributed by atoms with E-state index in [9.17, 15) is 4.79 Å². The molecule has 0 aromatic carbocycles. The molecule has 8 heteroatoms. The first-order valence-corrected chi connectivity index (χ1v) is 5.57. The minimum atomic E-state index is -0.655. The van der Waals surface area contributed by atoms with E-state index in [-0.39, 0.29) is 17.7 Å². The highest BCUT2D eigenvalue weighted by molar-refractivity contribution is 6.02. The fourth-order valence-corrected chi connectivity index (χ4v) is 1.55. The number of carbonyl (C=O) groups excluding carboxylic acids is 1. The molecule has 100 valence electrons. The minimum absolute atomic E-state index is 0.0655. The number of amidine groups is 1. The van der Waals surface area contributed by atoms with Crippen molar-refractivity contribution < 1.29 is 14.5 Å². The smallest absolute Gasteiger partial charge is 0.231 e. The van der Waals surface area contributed by atoms with Crippen LogP contribution < -0.4 is 11.1 Å². The van der Waals surface area contributed by atoms with Gasteiger partial charge in [-0.05, 0) is 5.92 Å². The van der Waals surface area contributed by atoms with E-state index in [1.807, 2.05) is 13.8 Å². The average molecular weight is 255 g/mol. The number of nitrogens with one attached hydrogen (secondary N) is 1. The molecule has 18 heavy (non-hydrogen) atoms. The summed E-state index contributed by atoms with van der Waals surface area (Å²) in [5.74, 6) is -0.665. The van der Waals surface area contributed by atoms with Crippen molar-refractivity contribution in [1.29, 1.82) is 0 Å². The zero-order chi connectivity index (χ0) is 13.5. The second kappa shape index (κ2) is 6.58. The van der Waals surface area contributed by atoms with Gasteiger partial charge in [-0.2, -0.15) is 4.98 Å². The third-order valence-corrected chi connectivity index (χ3v) is 2.43. The molecule has 1 amide bonds. The van der Waals surface area contributed by atoms with Crippen LogP contribution in [0.3, 0.4) is 0 Å². The van der Waals surface area contributed by atoms with Gasteiger partial charge in [0, 0.05) is 13.0 Å². The molecule has 1 atom stereocenters. The van der Waals surface area contributed by atoms with Crippen LogP contribution in [0.25, 0.3) is 0 Å². The monoisotopic (exact) mass is 255 g/mol. The first kappa shape index (κ1) is 13.9. The van der Waals surface area contributed by atoms with Gasteiger partial charge in [-0.25, -0.2) is 0 Å². The van der Waals surface area contributed by atoms with Crippen LogP contribution in [0, 0.1) is 11.8 Å². The summed E-state index contributed by atoms with van der Waals surface area (Å²) in [5.41, 5.74) is 5.48.